The topological polar surface area (TPSA) is 34.5 Å². The van der Waals surface area contributed by atoms with Crippen LogP contribution in [0.2, 0.25) is 0 Å². The third-order valence-electron chi connectivity index (χ3n) is 2.10. The van der Waals surface area contributed by atoms with Crippen LogP contribution in [0.4, 0.5) is 0 Å². The minimum absolute atomic E-state index is 0.659. The Kier molecular flexibility index (Phi) is 2.25. The van der Waals surface area contributed by atoms with E-state index >= 15 is 0 Å². The van der Waals surface area contributed by atoms with Crippen molar-refractivity contribution in [2.24, 2.45) is 4.99 Å². The largest absolute Gasteiger partial charge is 0.481 e. The van der Waals surface area contributed by atoms with Crippen molar-refractivity contribution >= 4 is 5.71 Å². The maximum atomic E-state index is 5.05. The Morgan fingerprint density at radius 2 is 2.31 bits per heavy atom. The fourth-order valence-corrected chi connectivity index (χ4v) is 1.44. The Morgan fingerprint density at radius 3 is 3.00 bits per heavy atom. The van der Waals surface area contributed by atoms with Crippen LogP contribution in [0, 0.1) is 0 Å². The van der Waals surface area contributed by atoms with Gasteiger partial charge in [-0.1, -0.05) is 6.07 Å². The van der Waals surface area contributed by atoms with Crippen LogP contribution in [0.3, 0.4) is 0 Å². The fraction of sp³-hybridized carbons (Fsp3) is 0.400. The molecule has 1 aliphatic heterocycles. The summed E-state index contributed by atoms with van der Waals surface area (Å²) in [6.07, 6.45) is 2.19. The first-order valence-corrected chi connectivity index (χ1v) is 4.45. The van der Waals surface area contributed by atoms with Crippen molar-refractivity contribution in [2.75, 3.05) is 13.7 Å². The van der Waals surface area contributed by atoms with Gasteiger partial charge in [-0.3, -0.25) is 4.99 Å². The fourth-order valence-electron chi connectivity index (χ4n) is 1.44. The van der Waals surface area contributed by atoms with Gasteiger partial charge >= 0.3 is 0 Å². The molecule has 0 atom stereocenters. The van der Waals surface area contributed by atoms with Gasteiger partial charge in [0.2, 0.25) is 5.88 Å². The Labute approximate surface area is 77.5 Å². The van der Waals surface area contributed by atoms with Gasteiger partial charge in [0.15, 0.2) is 0 Å². The van der Waals surface area contributed by atoms with Gasteiger partial charge < -0.3 is 4.74 Å². The molecule has 1 aromatic heterocycles. The third-order valence-corrected chi connectivity index (χ3v) is 2.10. The standard InChI is InChI=1S/C10H12N2O/c1-13-10-6-2-4-9(12-10)8-5-3-7-11-8/h2,4,6H,3,5,7H2,1H3. The van der Waals surface area contributed by atoms with Crippen LogP contribution in [0.1, 0.15) is 18.5 Å². The molecule has 0 aliphatic carbocycles. The number of hydrogen-bond acceptors (Lipinski definition) is 3. The molecule has 0 saturated heterocycles. The second-order valence-corrected chi connectivity index (χ2v) is 3.00. The average molecular weight is 176 g/mol. The number of nitrogens with zero attached hydrogens (tertiary/aromatic N) is 2. The van der Waals surface area contributed by atoms with Crippen LogP contribution in [0.5, 0.6) is 5.88 Å². The van der Waals surface area contributed by atoms with E-state index < -0.39 is 0 Å². The molecular formula is C10H12N2O. The highest BCUT2D eigenvalue weighted by Crippen LogP contribution is 2.13. The summed E-state index contributed by atoms with van der Waals surface area (Å²) >= 11 is 0. The second kappa shape index (κ2) is 3.56. The monoisotopic (exact) mass is 176 g/mol. The Bertz CT molecular complexity index is 333. The molecule has 0 radical (unpaired) electrons. The lowest BCUT2D eigenvalue weighted by molar-refractivity contribution is 0.397. The summed E-state index contributed by atoms with van der Waals surface area (Å²) in [6, 6.07) is 5.77. The van der Waals surface area contributed by atoms with Crippen LogP contribution in [-0.2, 0) is 0 Å². The zero-order chi connectivity index (χ0) is 9.10. The maximum absolute atomic E-state index is 5.05. The number of pyridine rings is 1. The predicted molar refractivity (Wildman–Crippen MR) is 51.4 cm³/mol. The van der Waals surface area contributed by atoms with Crippen molar-refractivity contribution in [3.05, 3.63) is 23.9 Å². The quantitative estimate of drug-likeness (QED) is 0.687. The zero-order valence-electron chi connectivity index (χ0n) is 7.66. The highest BCUT2D eigenvalue weighted by Gasteiger charge is 2.10. The summed E-state index contributed by atoms with van der Waals surface area (Å²) in [5.41, 5.74) is 2.07. The third kappa shape index (κ3) is 1.69. The van der Waals surface area contributed by atoms with Crippen molar-refractivity contribution in [2.45, 2.75) is 12.8 Å². The van der Waals surface area contributed by atoms with E-state index in [1.54, 1.807) is 7.11 Å². The van der Waals surface area contributed by atoms with Gasteiger partial charge in [0.05, 0.1) is 18.5 Å². The SMILES string of the molecule is COc1cccc(C2=NCCC2)n1. The van der Waals surface area contributed by atoms with Gasteiger partial charge in [0.25, 0.3) is 0 Å². The molecule has 0 fully saturated rings. The minimum Gasteiger partial charge on any atom is -0.481 e. The lowest BCUT2D eigenvalue weighted by atomic mass is 10.2. The molecule has 0 bridgehead atoms. The molecule has 0 N–H and O–H groups in total. The highest BCUT2D eigenvalue weighted by molar-refractivity contribution is 5.99. The van der Waals surface area contributed by atoms with Crippen LogP contribution < -0.4 is 4.74 Å². The van der Waals surface area contributed by atoms with Crippen molar-refractivity contribution in [3.63, 3.8) is 0 Å². The van der Waals surface area contributed by atoms with Gasteiger partial charge in [0, 0.05) is 12.6 Å². The summed E-state index contributed by atoms with van der Waals surface area (Å²) in [6.45, 7) is 0.939. The van der Waals surface area contributed by atoms with E-state index in [1.807, 2.05) is 18.2 Å². The molecule has 1 aromatic rings. The Balaban J connectivity index is 2.29. The van der Waals surface area contributed by atoms with Gasteiger partial charge in [-0.15, -0.1) is 0 Å². The molecule has 0 aromatic carbocycles. The van der Waals surface area contributed by atoms with Gasteiger partial charge in [0.1, 0.15) is 0 Å². The number of ether oxygens (including phenoxy) is 1. The minimum atomic E-state index is 0.659. The summed E-state index contributed by atoms with van der Waals surface area (Å²) in [7, 11) is 1.63. The molecule has 0 saturated carbocycles. The summed E-state index contributed by atoms with van der Waals surface area (Å²) in [5, 5.41) is 0. The van der Waals surface area contributed by atoms with Gasteiger partial charge in [-0.25, -0.2) is 4.98 Å². The van der Waals surface area contributed by atoms with Crippen LogP contribution >= 0.6 is 0 Å². The van der Waals surface area contributed by atoms with Gasteiger partial charge in [-0.2, -0.15) is 0 Å². The number of methoxy groups -OCH3 is 1. The first-order valence-electron chi connectivity index (χ1n) is 4.45. The van der Waals surface area contributed by atoms with Crippen LogP contribution in [0.15, 0.2) is 23.2 Å². The van der Waals surface area contributed by atoms with E-state index in [2.05, 4.69) is 9.98 Å². The molecule has 0 spiro atoms. The summed E-state index contributed by atoms with van der Waals surface area (Å²) < 4.78 is 5.05. The number of aromatic nitrogens is 1. The molecule has 2 heterocycles. The van der Waals surface area contributed by atoms with E-state index in [0.29, 0.717) is 5.88 Å². The summed E-state index contributed by atoms with van der Waals surface area (Å²) in [4.78, 5) is 8.70. The molecule has 3 heteroatoms. The molecule has 3 nitrogen and oxygen atoms in total. The first kappa shape index (κ1) is 8.23. The number of hydrogen-bond donors (Lipinski definition) is 0. The number of aliphatic imine (C=N–C) groups is 1. The van der Waals surface area contributed by atoms with Gasteiger partial charge in [-0.05, 0) is 18.9 Å². The molecule has 13 heavy (non-hydrogen) atoms. The van der Waals surface area contributed by atoms with Crippen molar-refractivity contribution in [3.8, 4) is 5.88 Å². The lowest BCUT2D eigenvalue weighted by Gasteiger charge is -2.01. The molecular weight excluding hydrogens is 164 g/mol. The molecule has 0 amide bonds. The average Bonchev–Trinajstić information content (AvgIpc) is 2.71. The van der Waals surface area contributed by atoms with Crippen molar-refractivity contribution in [1.29, 1.82) is 0 Å². The lowest BCUT2D eigenvalue weighted by Crippen LogP contribution is -2.00. The summed E-state index contributed by atoms with van der Waals surface area (Å²) in [5.74, 6) is 0.659. The smallest absolute Gasteiger partial charge is 0.213 e. The molecule has 0 unspecified atom stereocenters. The molecule has 1 aliphatic rings. The van der Waals surface area contributed by atoms with E-state index in [1.165, 1.54) is 0 Å². The van der Waals surface area contributed by atoms with Crippen LogP contribution in [-0.4, -0.2) is 24.4 Å². The molecule has 68 valence electrons. The maximum Gasteiger partial charge on any atom is 0.213 e. The van der Waals surface area contributed by atoms with E-state index in [9.17, 15) is 0 Å². The van der Waals surface area contributed by atoms with Crippen LogP contribution in [0.25, 0.3) is 0 Å². The second-order valence-electron chi connectivity index (χ2n) is 3.00. The van der Waals surface area contributed by atoms with Crippen molar-refractivity contribution in [1.82, 2.24) is 4.98 Å². The van der Waals surface area contributed by atoms with E-state index in [0.717, 1.165) is 30.8 Å². The van der Waals surface area contributed by atoms with E-state index in [4.69, 9.17) is 4.74 Å². The number of rotatable bonds is 2. The normalized spacial score (nSPS) is 15.6. The predicted octanol–water partition coefficient (Wildman–Crippen LogP) is 1.67. The highest BCUT2D eigenvalue weighted by atomic mass is 16.5. The van der Waals surface area contributed by atoms with Crippen molar-refractivity contribution < 1.29 is 4.74 Å². The Hall–Kier alpha value is -1.38. The Morgan fingerprint density at radius 1 is 1.38 bits per heavy atom. The van der Waals surface area contributed by atoms with E-state index in [-0.39, 0.29) is 0 Å². The zero-order valence-corrected chi connectivity index (χ0v) is 7.66. The first-order chi connectivity index (χ1) is 6.40. The molecule has 2 rings (SSSR count).